The minimum Gasteiger partial charge on any atom is -0.462 e. The second-order valence-electron chi connectivity index (χ2n) is 5.44. The Morgan fingerprint density at radius 3 is 2.52 bits per heavy atom. The van der Waals surface area contributed by atoms with E-state index in [0.29, 0.717) is 5.56 Å². The van der Waals surface area contributed by atoms with Gasteiger partial charge in [0.2, 0.25) is 0 Å². The van der Waals surface area contributed by atoms with Crippen molar-refractivity contribution in [2.75, 3.05) is 13.2 Å². The summed E-state index contributed by atoms with van der Waals surface area (Å²) in [5, 5.41) is 12.5. The highest BCUT2D eigenvalue weighted by molar-refractivity contribution is 6.07. The number of fused-ring (bicyclic) bond motifs is 3. The van der Waals surface area contributed by atoms with E-state index >= 15 is 0 Å². The Morgan fingerprint density at radius 2 is 1.80 bits per heavy atom. The molecule has 1 atom stereocenters. The van der Waals surface area contributed by atoms with Gasteiger partial charge >= 0.3 is 17.7 Å². The molecular weight excluding hydrogens is 324 g/mol. The maximum atomic E-state index is 12.3. The van der Waals surface area contributed by atoms with Gasteiger partial charge in [-0.2, -0.15) is 0 Å². The fourth-order valence-corrected chi connectivity index (χ4v) is 2.76. The zero-order chi connectivity index (χ0) is 18.0. The summed E-state index contributed by atoms with van der Waals surface area (Å²) in [6.45, 7) is 3.36. The van der Waals surface area contributed by atoms with E-state index in [1.165, 1.54) is 6.08 Å². The number of carbonyl (C=O) groups is 2. The summed E-state index contributed by atoms with van der Waals surface area (Å²) < 4.78 is 15.4. The molecule has 1 aliphatic rings. The molecule has 0 aliphatic carbocycles. The molecule has 0 aromatic heterocycles. The predicted octanol–water partition coefficient (Wildman–Crippen LogP) is 2.43. The van der Waals surface area contributed by atoms with E-state index in [-0.39, 0.29) is 24.5 Å². The maximum absolute atomic E-state index is 12.3. The molecule has 0 bridgehead atoms. The van der Waals surface area contributed by atoms with E-state index in [0.717, 1.165) is 10.8 Å². The molecule has 6 heteroatoms. The zero-order valence-corrected chi connectivity index (χ0v) is 13.9. The standard InChI is InChI=1S/C19H18O6/c1-3-23-17(20)15-11-14-13-8-6-5-7-12(13)9-10-16(14)25-19(15,22)18(21)24-4-2/h5-11,22H,3-4H2,1-2H3. The van der Waals surface area contributed by atoms with Gasteiger partial charge in [0.15, 0.2) is 0 Å². The van der Waals surface area contributed by atoms with Crippen molar-refractivity contribution in [1.82, 2.24) is 0 Å². The van der Waals surface area contributed by atoms with E-state index in [1.54, 1.807) is 19.9 Å². The molecule has 2 aromatic carbocycles. The van der Waals surface area contributed by atoms with Crippen LogP contribution in [0, 0.1) is 0 Å². The molecule has 3 rings (SSSR count). The molecule has 1 heterocycles. The SMILES string of the molecule is CCOC(=O)C1=Cc2c(ccc3ccccc23)OC1(O)C(=O)OCC. The third kappa shape index (κ3) is 2.85. The zero-order valence-electron chi connectivity index (χ0n) is 13.9. The summed E-state index contributed by atoms with van der Waals surface area (Å²) in [5.41, 5.74) is 0.284. The topological polar surface area (TPSA) is 82.1 Å². The molecule has 0 radical (unpaired) electrons. The van der Waals surface area contributed by atoms with Crippen LogP contribution in [-0.4, -0.2) is 36.0 Å². The Balaban J connectivity index is 2.20. The fourth-order valence-electron chi connectivity index (χ4n) is 2.76. The van der Waals surface area contributed by atoms with E-state index in [4.69, 9.17) is 14.2 Å². The molecule has 0 saturated heterocycles. The molecule has 1 aliphatic heterocycles. The van der Waals surface area contributed by atoms with Crippen LogP contribution in [0.1, 0.15) is 19.4 Å². The molecule has 1 unspecified atom stereocenters. The highest BCUT2D eigenvalue weighted by Crippen LogP contribution is 2.39. The smallest absolute Gasteiger partial charge is 0.385 e. The summed E-state index contributed by atoms with van der Waals surface area (Å²) in [6.07, 6.45) is 1.43. The van der Waals surface area contributed by atoms with Crippen molar-refractivity contribution in [2.45, 2.75) is 19.6 Å². The van der Waals surface area contributed by atoms with E-state index in [9.17, 15) is 14.7 Å². The molecular formula is C19H18O6. The minimum atomic E-state index is -2.54. The van der Waals surface area contributed by atoms with E-state index in [1.807, 2.05) is 30.3 Å². The van der Waals surface area contributed by atoms with Gasteiger partial charge < -0.3 is 19.3 Å². The minimum absolute atomic E-state index is 0.0329. The van der Waals surface area contributed by atoms with Crippen LogP contribution in [0.3, 0.4) is 0 Å². The van der Waals surface area contributed by atoms with Crippen LogP contribution >= 0.6 is 0 Å². The Morgan fingerprint density at radius 1 is 1.08 bits per heavy atom. The van der Waals surface area contributed by atoms with Crippen molar-refractivity contribution in [2.24, 2.45) is 0 Å². The predicted molar refractivity (Wildman–Crippen MR) is 90.8 cm³/mol. The first-order chi connectivity index (χ1) is 12.0. The third-order valence-corrected chi connectivity index (χ3v) is 3.89. The lowest BCUT2D eigenvalue weighted by Gasteiger charge is -2.32. The molecule has 0 fully saturated rings. The molecule has 0 saturated carbocycles. The Kier molecular flexibility index (Phi) is 4.46. The van der Waals surface area contributed by atoms with E-state index < -0.39 is 17.7 Å². The van der Waals surface area contributed by atoms with Gasteiger partial charge in [0.05, 0.1) is 13.2 Å². The first-order valence-electron chi connectivity index (χ1n) is 8.01. The number of esters is 2. The second-order valence-corrected chi connectivity index (χ2v) is 5.44. The highest BCUT2D eigenvalue weighted by atomic mass is 16.7. The van der Waals surface area contributed by atoms with Crippen LogP contribution in [0.5, 0.6) is 5.75 Å². The molecule has 1 N–H and O–H groups in total. The maximum Gasteiger partial charge on any atom is 0.385 e. The number of benzene rings is 2. The summed E-state index contributed by atoms with van der Waals surface area (Å²) >= 11 is 0. The molecule has 25 heavy (non-hydrogen) atoms. The summed E-state index contributed by atoms with van der Waals surface area (Å²) in [5.74, 6) is -4.16. The average Bonchev–Trinajstić information content (AvgIpc) is 2.61. The lowest BCUT2D eigenvalue weighted by Crippen LogP contribution is -2.51. The van der Waals surface area contributed by atoms with Crippen LogP contribution in [0.4, 0.5) is 0 Å². The monoisotopic (exact) mass is 342 g/mol. The van der Waals surface area contributed by atoms with Crippen molar-refractivity contribution >= 4 is 28.8 Å². The largest absolute Gasteiger partial charge is 0.462 e. The number of carbonyl (C=O) groups excluding carboxylic acids is 2. The second kappa shape index (κ2) is 6.57. The fraction of sp³-hybridized carbons (Fsp3) is 0.263. The van der Waals surface area contributed by atoms with Gasteiger partial charge in [-0.25, -0.2) is 9.59 Å². The van der Waals surface area contributed by atoms with Gasteiger partial charge in [-0.05, 0) is 36.8 Å². The van der Waals surface area contributed by atoms with Crippen LogP contribution in [0.2, 0.25) is 0 Å². The Bertz CT molecular complexity index is 869. The van der Waals surface area contributed by atoms with Crippen molar-refractivity contribution in [3.05, 3.63) is 47.5 Å². The van der Waals surface area contributed by atoms with Crippen molar-refractivity contribution in [3.8, 4) is 5.75 Å². The first kappa shape index (κ1) is 17.0. The summed E-state index contributed by atoms with van der Waals surface area (Å²) in [7, 11) is 0. The number of hydrogen-bond acceptors (Lipinski definition) is 6. The van der Waals surface area contributed by atoms with Crippen molar-refractivity contribution in [1.29, 1.82) is 0 Å². The van der Waals surface area contributed by atoms with Gasteiger partial charge in [0.25, 0.3) is 0 Å². The molecule has 130 valence electrons. The van der Waals surface area contributed by atoms with Crippen LogP contribution < -0.4 is 4.74 Å². The lowest BCUT2D eigenvalue weighted by atomic mass is 9.94. The molecule has 0 amide bonds. The Labute approximate surface area is 144 Å². The number of hydrogen-bond donors (Lipinski definition) is 1. The lowest BCUT2D eigenvalue weighted by molar-refractivity contribution is -0.192. The molecule has 2 aromatic rings. The highest BCUT2D eigenvalue weighted by Gasteiger charge is 2.51. The van der Waals surface area contributed by atoms with Crippen molar-refractivity contribution < 1.29 is 28.9 Å². The molecule has 0 spiro atoms. The summed E-state index contributed by atoms with van der Waals surface area (Å²) in [4.78, 5) is 24.6. The van der Waals surface area contributed by atoms with Gasteiger partial charge in [0.1, 0.15) is 11.3 Å². The van der Waals surface area contributed by atoms with Gasteiger partial charge in [-0.3, -0.25) is 0 Å². The summed E-state index contributed by atoms with van der Waals surface area (Å²) in [6, 6.07) is 11.0. The van der Waals surface area contributed by atoms with Crippen LogP contribution in [0.15, 0.2) is 42.0 Å². The van der Waals surface area contributed by atoms with Gasteiger partial charge in [0, 0.05) is 5.56 Å². The normalized spacial score (nSPS) is 18.8. The first-order valence-corrected chi connectivity index (χ1v) is 8.01. The quantitative estimate of drug-likeness (QED) is 0.860. The Hall–Kier alpha value is -2.86. The van der Waals surface area contributed by atoms with Gasteiger partial charge in [-0.15, -0.1) is 0 Å². The average molecular weight is 342 g/mol. The van der Waals surface area contributed by atoms with Gasteiger partial charge in [-0.1, -0.05) is 30.3 Å². The van der Waals surface area contributed by atoms with E-state index in [2.05, 4.69) is 0 Å². The third-order valence-electron chi connectivity index (χ3n) is 3.89. The molecule has 6 nitrogen and oxygen atoms in total. The van der Waals surface area contributed by atoms with Crippen LogP contribution in [-0.2, 0) is 19.1 Å². The number of rotatable bonds is 4. The number of ether oxygens (including phenoxy) is 3. The van der Waals surface area contributed by atoms with Crippen molar-refractivity contribution in [3.63, 3.8) is 0 Å². The van der Waals surface area contributed by atoms with Crippen LogP contribution in [0.25, 0.3) is 16.8 Å². The number of aliphatic hydroxyl groups is 1.